The van der Waals surface area contributed by atoms with Crippen LogP contribution in [0.15, 0.2) is 28.2 Å². The summed E-state index contributed by atoms with van der Waals surface area (Å²) in [7, 11) is 4.29. The molecule has 108 valence electrons. The van der Waals surface area contributed by atoms with E-state index in [0.717, 1.165) is 17.3 Å². The van der Waals surface area contributed by atoms with Crippen LogP contribution >= 0.6 is 9.24 Å². The third-order valence-electron chi connectivity index (χ3n) is 2.43. The van der Waals surface area contributed by atoms with Gasteiger partial charge in [-0.05, 0) is 36.8 Å². The van der Waals surface area contributed by atoms with Crippen LogP contribution in [0.5, 0.6) is 0 Å². The molecule has 0 bridgehead atoms. The molecule has 0 spiro atoms. The standard InChI is InChI=1S/C14H20N3O2P/c1-4-8-16-13(15-3)10-6-7-11(12(20)9-10)17-14(18)19-5-2/h6-9H,4-5,20H2,1-3H3,(H,17,18). The van der Waals surface area contributed by atoms with E-state index in [1.54, 1.807) is 20.0 Å². The summed E-state index contributed by atoms with van der Waals surface area (Å²) in [6.45, 7) is 4.12. The van der Waals surface area contributed by atoms with Crippen LogP contribution in [-0.4, -0.2) is 31.8 Å². The van der Waals surface area contributed by atoms with Crippen LogP contribution in [0, 0.1) is 0 Å². The number of amides is 1. The monoisotopic (exact) mass is 293 g/mol. The number of benzene rings is 1. The molecule has 1 N–H and O–H groups in total. The van der Waals surface area contributed by atoms with Gasteiger partial charge in [-0.2, -0.15) is 0 Å². The summed E-state index contributed by atoms with van der Waals surface area (Å²) in [5, 5.41) is 3.53. The van der Waals surface area contributed by atoms with E-state index in [-0.39, 0.29) is 0 Å². The fraction of sp³-hybridized carbons (Fsp3) is 0.357. The highest BCUT2D eigenvalue weighted by molar-refractivity contribution is 7.28. The van der Waals surface area contributed by atoms with Crippen LogP contribution in [0.3, 0.4) is 0 Å². The van der Waals surface area contributed by atoms with Gasteiger partial charge in [0.2, 0.25) is 0 Å². The second kappa shape index (κ2) is 8.43. The van der Waals surface area contributed by atoms with Crippen LogP contribution in [0.2, 0.25) is 0 Å². The van der Waals surface area contributed by atoms with Gasteiger partial charge >= 0.3 is 6.09 Å². The number of rotatable bonds is 4. The van der Waals surface area contributed by atoms with Crippen LogP contribution in [-0.2, 0) is 4.74 Å². The first-order chi connectivity index (χ1) is 9.62. The fourth-order valence-corrected chi connectivity index (χ4v) is 1.88. The summed E-state index contributed by atoms with van der Waals surface area (Å²) in [6.07, 6.45) is 2.21. The minimum Gasteiger partial charge on any atom is -0.450 e. The van der Waals surface area contributed by atoms with Gasteiger partial charge < -0.3 is 4.74 Å². The van der Waals surface area contributed by atoms with Gasteiger partial charge in [-0.1, -0.05) is 6.92 Å². The number of amidine groups is 1. The molecule has 1 rings (SSSR count). The molecule has 0 saturated heterocycles. The Hall–Kier alpha value is -1.74. The number of hydrogen-bond acceptors (Lipinski definition) is 3. The molecule has 1 amide bonds. The van der Waals surface area contributed by atoms with Gasteiger partial charge in [0.15, 0.2) is 5.84 Å². The molecule has 0 fully saturated rings. The van der Waals surface area contributed by atoms with E-state index in [0.29, 0.717) is 18.1 Å². The highest BCUT2D eigenvalue weighted by Gasteiger charge is 2.07. The molecule has 1 aromatic rings. The molecule has 6 heteroatoms. The Kier molecular flexibility index (Phi) is 6.88. The van der Waals surface area contributed by atoms with E-state index >= 15 is 0 Å². The minimum absolute atomic E-state index is 0.342. The molecule has 0 aliphatic heterocycles. The number of nitrogens with zero attached hydrogens (tertiary/aromatic N) is 2. The fourth-order valence-electron chi connectivity index (χ4n) is 1.53. The van der Waals surface area contributed by atoms with Crippen LogP contribution in [0.4, 0.5) is 10.5 Å². The summed E-state index contributed by atoms with van der Waals surface area (Å²) in [6, 6.07) is 5.58. The minimum atomic E-state index is -0.461. The summed E-state index contributed by atoms with van der Waals surface area (Å²) < 4.78 is 4.85. The van der Waals surface area contributed by atoms with Crippen molar-refractivity contribution in [1.29, 1.82) is 0 Å². The first-order valence-electron chi connectivity index (χ1n) is 6.45. The lowest BCUT2D eigenvalue weighted by Gasteiger charge is -2.09. The zero-order valence-electron chi connectivity index (χ0n) is 12.0. The van der Waals surface area contributed by atoms with Crippen LogP contribution in [0.25, 0.3) is 0 Å². The SMILES string of the molecule is CCC=NC(=NC)c1ccc(NC(=O)OCC)c(P)c1. The van der Waals surface area contributed by atoms with Gasteiger partial charge in [-0.25, -0.2) is 9.79 Å². The summed E-state index contributed by atoms with van der Waals surface area (Å²) >= 11 is 0. The molecular weight excluding hydrogens is 273 g/mol. The molecule has 1 atom stereocenters. The lowest BCUT2D eigenvalue weighted by molar-refractivity contribution is 0.168. The van der Waals surface area contributed by atoms with Gasteiger partial charge in [-0.3, -0.25) is 10.3 Å². The van der Waals surface area contributed by atoms with Gasteiger partial charge in [0.1, 0.15) is 0 Å². The summed E-state index contributed by atoms with van der Waals surface area (Å²) in [5.41, 5.74) is 1.59. The Bertz CT molecular complexity index is 527. The van der Waals surface area contributed by atoms with Crippen molar-refractivity contribution in [3.05, 3.63) is 23.8 Å². The first-order valence-corrected chi connectivity index (χ1v) is 7.03. The van der Waals surface area contributed by atoms with E-state index in [2.05, 4.69) is 24.5 Å². The lowest BCUT2D eigenvalue weighted by Crippen LogP contribution is -2.17. The van der Waals surface area contributed by atoms with Gasteiger partial charge in [0, 0.05) is 18.8 Å². The van der Waals surface area contributed by atoms with Crippen molar-refractivity contribution < 1.29 is 9.53 Å². The van der Waals surface area contributed by atoms with Crippen molar-refractivity contribution in [3.8, 4) is 0 Å². The van der Waals surface area contributed by atoms with E-state index < -0.39 is 6.09 Å². The highest BCUT2D eigenvalue weighted by atomic mass is 31.0. The second-order valence-electron chi connectivity index (χ2n) is 3.91. The highest BCUT2D eigenvalue weighted by Crippen LogP contribution is 2.12. The number of carbonyl (C=O) groups excluding carboxylic acids is 1. The van der Waals surface area contributed by atoms with Gasteiger partial charge in [0.25, 0.3) is 0 Å². The van der Waals surface area contributed by atoms with Crippen molar-refractivity contribution in [2.45, 2.75) is 20.3 Å². The number of hydrogen-bond donors (Lipinski definition) is 1. The number of carbonyl (C=O) groups is 1. The number of nitrogens with one attached hydrogen (secondary N) is 1. The quantitative estimate of drug-likeness (QED) is 0.527. The van der Waals surface area contributed by atoms with E-state index in [9.17, 15) is 4.79 Å². The Morgan fingerprint density at radius 3 is 2.75 bits per heavy atom. The Labute approximate surface area is 121 Å². The molecular formula is C14H20N3O2P. The predicted molar refractivity (Wildman–Crippen MR) is 87.7 cm³/mol. The van der Waals surface area contributed by atoms with Gasteiger partial charge in [-0.15, -0.1) is 9.24 Å². The van der Waals surface area contributed by atoms with E-state index in [1.165, 1.54) is 0 Å². The maximum atomic E-state index is 11.4. The van der Waals surface area contributed by atoms with Crippen molar-refractivity contribution in [2.24, 2.45) is 9.98 Å². The van der Waals surface area contributed by atoms with E-state index in [1.807, 2.05) is 25.3 Å². The zero-order valence-corrected chi connectivity index (χ0v) is 13.2. The molecule has 0 heterocycles. The van der Waals surface area contributed by atoms with Crippen molar-refractivity contribution in [1.82, 2.24) is 0 Å². The normalized spacial score (nSPS) is 11.7. The Morgan fingerprint density at radius 1 is 1.45 bits per heavy atom. The molecule has 0 aliphatic rings. The largest absolute Gasteiger partial charge is 0.450 e. The summed E-state index contributed by atoms with van der Waals surface area (Å²) in [5.74, 6) is 0.665. The molecule has 0 aromatic heterocycles. The molecule has 5 nitrogen and oxygen atoms in total. The second-order valence-corrected chi connectivity index (χ2v) is 4.54. The van der Waals surface area contributed by atoms with Gasteiger partial charge in [0.05, 0.1) is 12.3 Å². The van der Waals surface area contributed by atoms with Crippen LogP contribution in [0.1, 0.15) is 25.8 Å². The smallest absolute Gasteiger partial charge is 0.411 e. The number of anilines is 1. The molecule has 20 heavy (non-hydrogen) atoms. The predicted octanol–water partition coefficient (Wildman–Crippen LogP) is 2.61. The third-order valence-corrected chi connectivity index (χ3v) is 2.91. The van der Waals surface area contributed by atoms with Crippen molar-refractivity contribution in [3.63, 3.8) is 0 Å². The maximum absolute atomic E-state index is 11.4. The molecule has 0 aliphatic carbocycles. The summed E-state index contributed by atoms with van der Waals surface area (Å²) in [4.78, 5) is 19.8. The molecule has 0 saturated carbocycles. The lowest BCUT2D eigenvalue weighted by atomic mass is 10.2. The molecule has 1 aromatic carbocycles. The van der Waals surface area contributed by atoms with Crippen molar-refractivity contribution in [2.75, 3.05) is 19.0 Å². The average Bonchev–Trinajstić information content (AvgIpc) is 2.43. The Balaban J connectivity index is 2.92. The third kappa shape index (κ3) is 4.74. The molecule has 0 radical (unpaired) electrons. The van der Waals surface area contributed by atoms with Crippen LogP contribution < -0.4 is 10.6 Å². The topological polar surface area (TPSA) is 63.0 Å². The molecule has 1 unspecified atom stereocenters. The maximum Gasteiger partial charge on any atom is 0.411 e. The number of ether oxygens (including phenoxy) is 1. The zero-order chi connectivity index (χ0) is 15.0. The van der Waals surface area contributed by atoms with E-state index in [4.69, 9.17) is 4.74 Å². The first kappa shape index (κ1) is 16.3. The van der Waals surface area contributed by atoms with Crippen molar-refractivity contribution >= 4 is 38.4 Å². The number of aliphatic imine (C=N–C) groups is 2. The average molecular weight is 293 g/mol. The Morgan fingerprint density at radius 2 is 2.20 bits per heavy atom.